The number of ether oxygens (including phenoxy) is 1. The van der Waals surface area contributed by atoms with Crippen molar-refractivity contribution in [2.45, 2.75) is 27.1 Å². The summed E-state index contributed by atoms with van der Waals surface area (Å²) in [5.41, 5.74) is 4.13. The van der Waals surface area contributed by atoms with Crippen molar-refractivity contribution < 1.29 is 9.53 Å². The largest absolute Gasteiger partial charge is 0.471 e. The van der Waals surface area contributed by atoms with Crippen LogP contribution in [0.15, 0.2) is 67.1 Å². The summed E-state index contributed by atoms with van der Waals surface area (Å²) in [6.45, 7) is 4.80. The SMILES string of the molecule is Cc1ccc(C)c(OCn2ccc(C(=O)Nc3cnn(Cc4ccc(Cl)cc4)c3)n2)c1. The molecule has 0 fully saturated rings. The zero-order valence-corrected chi connectivity index (χ0v) is 18.0. The van der Waals surface area contributed by atoms with Gasteiger partial charge in [0.25, 0.3) is 5.91 Å². The maximum absolute atomic E-state index is 12.5. The highest BCUT2D eigenvalue weighted by Gasteiger charge is 2.12. The van der Waals surface area contributed by atoms with Crippen LogP contribution in [0, 0.1) is 13.8 Å². The van der Waals surface area contributed by atoms with E-state index >= 15 is 0 Å². The average molecular weight is 436 g/mol. The van der Waals surface area contributed by atoms with E-state index in [2.05, 4.69) is 15.5 Å². The Morgan fingerprint density at radius 3 is 2.71 bits per heavy atom. The summed E-state index contributed by atoms with van der Waals surface area (Å²) in [6.07, 6.45) is 5.09. The van der Waals surface area contributed by atoms with Crippen molar-refractivity contribution >= 4 is 23.2 Å². The fraction of sp³-hybridized carbons (Fsp3) is 0.174. The Morgan fingerprint density at radius 2 is 1.90 bits per heavy atom. The molecule has 4 aromatic rings. The van der Waals surface area contributed by atoms with Gasteiger partial charge in [-0.25, -0.2) is 4.68 Å². The summed E-state index contributed by atoms with van der Waals surface area (Å²) < 4.78 is 9.16. The Labute approximate surface area is 185 Å². The van der Waals surface area contributed by atoms with E-state index < -0.39 is 0 Å². The number of carbonyl (C=O) groups is 1. The molecule has 0 aliphatic carbocycles. The van der Waals surface area contributed by atoms with Crippen LogP contribution < -0.4 is 10.1 Å². The van der Waals surface area contributed by atoms with Crippen molar-refractivity contribution in [3.63, 3.8) is 0 Å². The average Bonchev–Trinajstić information content (AvgIpc) is 3.40. The lowest BCUT2D eigenvalue weighted by Crippen LogP contribution is -2.14. The Balaban J connectivity index is 1.34. The third-order valence-electron chi connectivity index (χ3n) is 4.72. The first-order valence-corrected chi connectivity index (χ1v) is 10.2. The molecule has 0 unspecified atom stereocenters. The molecule has 0 saturated heterocycles. The van der Waals surface area contributed by atoms with Gasteiger partial charge >= 0.3 is 0 Å². The van der Waals surface area contributed by atoms with Gasteiger partial charge in [-0.3, -0.25) is 9.48 Å². The summed E-state index contributed by atoms with van der Waals surface area (Å²) in [6, 6.07) is 15.2. The predicted molar refractivity (Wildman–Crippen MR) is 120 cm³/mol. The van der Waals surface area contributed by atoms with Crippen LogP contribution in [0.4, 0.5) is 5.69 Å². The van der Waals surface area contributed by atoms with E-state index in [9.17, 15) is 4.79 Å². The van der Waals surface area contributed by atoms with Crippen LogP contribution >= 0.6 is 11.6 Å². The molecular formula is C23H22ClN5O2. The van der Waals surface area contributed by atoms with Crippen LogP contribution in [-0.2, 0) is 13.3 Å². The highest BCUT2D eigenvalue weighted by atomic mass is 35.5. The summed E-state index contributed by atoms with van der Waals surface area (Å²) in [7, 11) is 0. The number of nitrogens with one attached hydrogen (secondary N) is 1. The Morgan fingerprint density at radius 1 is 1.10 bits per heavy atom. The summed E-state index contributed by atoms with van der Waals surface area (Å²) >= 11 is 5.91. The van der Waals surface area contributed by atoms with Gasteiger partial charge in [0.15, 0.2) is 12.4 Å². The second-order valence-electron chi connectivity index (χ2n) is 7.29. The highest BCUT2D eigenvalue weighted by molar-refractivity contribution is 6.30. The van der Waals surface area contributed by atoms with E-state index in [-0.39, 0.29) is 12.6 Å². The number of rotatable bonds is 7. The number of benzene rings is 2. The summed E-state index contributed by atoms with van der Waals surface area (Å²) in [5.74, 6) is 0.492. The number of aromatic nitrogens is 4. The predicted octanol–water partition coefficient (Wildman–Crippen LogP) is 4.69. The molecule has 0 spiro atoms. The van der Waals surface area contributed by atoms with E-state index in [1.807, 2.05) is 56.3 Å². The molecule has 0 radical (unpaired) electrons. The zero-order valence-electron chi connectivity index (χ0n) is 17.2. The van der Waals surface area contributed by atoms with Crippen LogP contribution in [0.25, 0.3) is 0 Å². The molecule has 0 saturated carbocycles. The number of hydrogen-bond donors (Lipinski definition) is 1. The number of anilines is 1. The molecule has 2 heterocycles. The lowest BCUT2D eigenvalue weighted by molar-refractivity contribution is 0.102. The molecule has 158 valence electrons. The van der Waals surface area contributed by atoms with Gasteiger partial charge in [-0.05, 0) is 54.8 Å². The van der Waals surface area contributed by atoms with Gasteiger partial charge in [-0.1, -0.05) is 35.9 Å². The van der Waals surface area contributed by atoms with Gasteiger partial charge in [0, 0.05) is 17.4 Å². The standard InChI is InChI=1S/C23H22ClN5O2/c1-16-3-4-17(2)22(11-16)31-15-28-10-9-21(27-28)23(30)26-20-12-25-29(14-20)13-18-5-7-19(24)8-6-18/h3-12,14H,13,15H2,1-2H3,(H,26,30). The van der Waals surface area contributed by atoms with Crippen LogP contribution in [0.2, 0.25) is 5.02 Å². The van der Waals surface area contributed by atoms with E-state index in [0.29, 0.717) is 22.9 Å². The quantitative estimate of drug-likeness (QED) is 0.457. The van der Waals surface area contributed by atoms with E-state index in [1.165, 1.54) is 0 Å². The van der Waals surface area contributed by atoms with Crippen molar-refractivity contribution in [3.05, 3.63) is 94.5 Å². The molecule has 4 rings (SSSR count). The van der Waals surface area contributed by atoms with Crippen molar-refractivity contribution in [3.8, 4) is 5.75 Å². The number of halogens is 1. The van der Waals surface area contributed by atoms with Crippen LogP contribution in [0.1, 0.15) is 27.2 Å². The van der Waals surface area contributed by atoms with Crippen molar-refractivity contribution in [2.75, 3.05) is 5.32 Å². The number of aryl methyl sites for hydroxylation is 2. The second-order valence-corrected chi connectivity index (χ2v) is 7.73. The lowest BCUT2D eigenvalue weighted by Gasteiger charge is -2.09. The zero-order chi connectivity index (χ0) is 21.8. The maximum Gasteiger partial charge on any atom is 0.276 e. The first kappa shape index (κ1) is 20.7. The van der Waals surface area contributed by atoms with Gasteiger partial charge < -0.3 is 10.1 Å². The molecule has 0 bridgehead atoms. The Kier molecular flexibility index (Phi) is 6.04. The monoisotopic (exact) mass is 435 g/mol. The minimum absolute atomic E-state index is 0.219. The molecule has 0 aliphatic heterocycles. The summed E-state index contributed by atoms with van der Waals surface area (Å²) in [4.78, 5) is 12.5. The first-order chi connectivity index (χ1) is 15.0. The van der Waals surface area contributed by atoms with Crippen molar-refractivity contribution in [1.82, 2.24) is 19.6 Å². The minimum Gasteiger partial charge on any atom is -0.471 e. The molecule has 0 atom stereocenters. The van der Waals surface area contributed by atoms with Crippen molar-refractivity contribution in [1.29, 1.82) is 0 Å². The molecule has 2 aromatic heterocycles. The molecule has 2 aromatic carbocycles. The Hall–Kier alpha value is -3.58. The fourth-order valence-electron chi connectivity index (χ4n) is 3.04. The third kappa shape index (κ3) is 5.32. The van der Waals surface area contributed by atoms with Crippen molar-refractivity contribution in [2.24, 2.45) is 0 Å². The van der Waals surface area contributed by atoms with E-state index in [4.69, 9.17) is 16.3 Å². The number of amides is 1. The molecule has 31 heavy (non-hydrogen) atoms. The van der Waals surface area contributed by atoms with Crippen LogP contribution in [0.3, 0.4) is 0 Å². The van der Waals surface area contributed by atoms with Gasteiger partial charge in [0.05, 0.1) is 18.4 Å². The molecule has 7 nitrogen and oxygen atoms in total. The number of nitrogens with zero attached hydrogens (tertiary/aromatic N) is 4. The minimum atomic E-state index is -0.309. The van der Waals surface area contributed by atoms with E-state index in [1.54, 1.807) is 34.0 Å². The molecular weight excluding hydrogens is 414 g/mol. The topological polar surface area (TPSA) is 74.0 Å². The molecule has 0 aliphatic rings. The third-order valence-corrected chi connectivity index (χ3v) is 4.97. The van der Waals surface area contributed by atoms with Crippen LogP contribution in [-0.4, -0.2) is 25.5 Å². The van der Waals surface area contributed by atoms with Gasteiger partial charge in [0.2, 0.25) is 0 Å². The molecule has 8 heteroatoms. The van der Waals surface area contributed by atoms with Gasteiger partial charge in [-0.2, -0.15) is 10.2 Å². The number of hydrogen-bond acceptors (Lipinski definition) is 4. The van der Waals surface area contributed by atoms with Crippen LogP contribution in [0.5, 0.6) is 5.75 Å². The fourth-order valence-corrected chi connectivity index (χ4v) is 3.17. The smallest absolute Gasteiger partial charge is 0.276 e. The normalized spacial score (nSPS) is 10.8. The summed E-state index contributed by atoms with van der Waals surface area (Å²) in [5, 5.41) is 12.1. The van der Waals surface area contributed by atoms with E-state index in [0.717, 1.165) is 22.4 Å². The van der Waals surface area contributed by atoms with Gasteiger partial charge in [0.1, 0.15) is 5.75 Å². The van der Waals surface area contributed by atoms with Gasteiger partial charge in [-0.15, -0.1) is 0 Å². The maximum atomic E-state index is 12.5. The number of carbonyl (C=O) groups excluding carboxylic acids is 1. The molecule has 1 N–H and O–H groups in total. The highest BCUT2D eigenvalue weighted by Crippen LogP contribution is 2.19. The Bertz CT molecular complexity index is 1200. The molecule has 1 amide bonds. The first-order valence-electron chi connectivity index (χ1n) is 9.78. The second kappa shape index (κ2) is 9.06. The lowest BCUT2D eigenvalue weighted by atomic mass is 10.1.